The predicted octanol–water partition coefficient (Wildman–Crippen LogP) is 2.08. The Kier molecular flexibility index (Phi) is 4.25. The minimum Gasteiger partial charge on any atom is -0.334 e. The van der Waals surface area contributed by atoms with Crippen LogP contribution in [-0.4, -0.2) is 35.5 Å². The smallest absolute Gasteiger partial charge is 0.317 e. The third kappa shape index (κ3) is 3.63. The Hall–Kier alpha value is -1.23. The van der Waals surface area contributed by atoms with E-state index in [-0.39, 0.29) is 11.8 Å². The molecule has 1 aromatic carbocycles. The molecular formula is C12H15FN2OS. The Morgan fingerprint density at radius 1 is 1.29 bits per heavy atom. The molecule has 1 aliphatic heterocycles. The normalized spacial score (nSPS) is 15.7. The van der Waals surface area contributed by atoms with Gasteiger partial charge in [0.25, 0.3) is 0 Å². The first kappa shape index (κ1) is 12.2. The van der Waals surface area contributed by atoms with E-state index in [4.69, 9.17) is 0 Å². The van der Waals surface area contributed by atoms with Gasteiger partial charge in [0.2, 0.25) is 0 Å². The van der Waals surface area contributed by atoms with Crippen molar-refractivity contribution in [3.63, 3.8) is 0 Å². The second-order valence-electron chi connectivity index (χ2n) is 3.88. The van der Waals surface area contributed by atoms with Crippen LogP contribution in [0.4, 0.5) is 9.18 Å². The number of rotatable bonds is 2. The first-order valence-electron chi connectivity index (χ1n) is 5.60. The molecule has 0 unspecified atom stereocenters. The molecule has 1 fully saturated rings. The van der Waals surface area contributed by atoms with Crippen LogP contribution >= 0.6 is 11.8 Å². The van der Waals surface area contributed by atoms with Crippen molar-refractivity contribution in [1.29, 1.82) is 0 Å². The Balaban J connectivity index is 1.81. The Morgan fingerprint density at radius 2 is 1.94 bits per heavy atom. The van der Waals surface area contributed by atoms with Crippen molar-refractivity contribution in [1.82, 2.24) is 10.2 Å². The van der Waals surface area contributed by atoms with Gasteiger partial charge in [0.1, 0.15) is 5.82 Å². The van der Waals surface area contributed by atoms with Gasteiger partial charge in [-0.2, -0.15) is 11.8 Å². The Morgan fingerprint density at radius 3 is 2.59 bits per heavy atom. The van der Waals surface area contributed by atoms with E-state index in [2.05, 4.69) is 5.32 Å². The molecular weight excluding hydrogens is 239 g/mol. The minimum absolute atomic E-state index is 0.0328. The molecule has 1 saturated heterocycles. The molecule has 1 N–H and O–H groups in total. The van der Waals surface area contributed by atoms with Crippen LogP contribution in [0.1, 0.15) is 5.56 Å². The maximum absolute atomic E-state index is 12.7. The van der Waals surface area contributed by atoms with Crippen LogP contribution < -0.4 is 5.32 Å². The van der Waals surface area contributed by atoms with E-state index >= 15 is 0 Å². The van der Waals surface area contributed by atoms with Crippen molar-refractivity contribution in [2.24, 2.45) is 0 Å². The summed E-state index contributed by atoms with van der Waals surface area (Å²) in [6.45, 7) is 2.06. The third-order valence-electron chi connectivity index (χ3n) is 2.66. The van der Waals surface area contributed by atoms with Crippen LogP contribution in [-0.2, 0) is 6.54 Å². The lowest BCUT2D eigenvalue weighted by Crippen LogP contribution is -2.44. The molecule has 0 aliphatic carbocycles. The summed E-state index contributed by atoms with van der Waals surface area (Å²) in [6, 6.07) is 6.14. The third-order valence-corrected chi connectivity index (χ3v) is 3.60. The average molecular weight is 254 g/mol. The molecule has 0 bridgehead atoms. The molecule has 3 nitrogen and oxygen atoms in total. The van der Waals surface area contributed by atoms with Crippen LogP contribution in [0.3, 0.4) is 0 Å². The van der Waals surface area contributed by atoms with Crippen LogP contribution in [0.15, 0.2) is 24.3 Å². The van der Waals surface area contributed by atoms with E-state index in [9.17, 15) is 9.18 Å². The number of urea groups is 1. The Labute approximate surface area is 104 Å². The zero-order chi connectivity index (χ0) is 12.1. The summed E-state index contributed by atoms with van der Waals surface area (Å²) >= 11 is 1.87. The number of amides is 2. The van der Waals surface area contributed by atoms with Crippen molar-refractivity contribution in [3.8, 4) is 0 Å². The summed E-state index contributed by atoms with van der Waals surface area (Å²) in [6.07, 6.45) is 0. The molecule has 0 radical (unpaired) electrons. The second kappa shape index (κ2) is 5.91. The van der Waals surface area contributed by atoms with E-state index in [1.165, 1.54) is 12.1 Å². The number of hydrogen-bond donors (Lipinski definition) is 1. The summed E-state index contributed by atoms with van der Waals surface area (Å²) in [4.78, 5) is 13.6. The number of hydrogen-bond acceptors (Lipinski definition) is 2. The molecule has 0 aromatic heterocycles. The lowest BCUT2D eigenvalue weighted by Gasteiger charge is -2.26. The van der Waals surface area contributed by atoms with E-state index in [1.54, 1.807) is 12.1 Å². The van der Waals surface area contributed by atoms with E-state index < -0.39 is 0 Å². The van der Waals surface area contributed by atoms with Gasteiger partial charge in [-0.3, -0.25) is 0 Å². The van der Waals surface area contributed by atoms with Gasteiger partial charge in [0.05, 0.1) is 0 Å². The monoisotopic (exact) mass is 254 g/mol. The Bertz CT molecular complexity index is 377. The standard InChI is InChI=1S/C12H15FN2OS/c13-11-3-1-10(2-4-11)9-14-12(16)15-5-7-17-8-6-15/h1-4H,5-9H2,(H,14,16). The van der Waals surface area contributed by atoms with Crippen molar-refractivity contribution < 1.29 is 9.18 Å². The molecule has 1 aromatic rings. The van der Waals surface area contributed by atoms with E-state index in [1.807, 2.05) is 16.7 Å². The van der Waals surface area contributed by atoms with Gasteiger partial charge >= 0.3 is 6.03 Å². The fourth-order valence-corrected chi connectivity index (χ4v) is 2.56. The van der Waals surface area contributed by atoms with Gasteiger partial charge in [-0.25, -0.2) is 9.18 Å². The summed E-state index contributed by atoms with van der Waals surface area (Å²) in [5, 5.41) is 2.84. The van der Waals surface area contributed by atoms with Crippen molar-refractivity contribution in [2.45, 2.75) is 6.54 Å². The topological polar surface area (TPSA) is 32.3 Å². The molecule has 1 heterocycles. The van der Waals surface area contributed by atoms with E-state index in [0.29, 0.717) is 6.54 Å². The number of benzene rings is 1. The highest BCUT2D eigenvalue weighted by Gasteiger charge is 2.15. The highest BCUT2D eigenvalue weighted by Crippen LogP contribution is 2.09. The zero-order valence-electron chi connectivity index (χ0n) is 9.49. The highest BCUT2D eigenvalue weighted by atomic mass is 32.2. The van der Waals surface area contributed by atoms with Gasteiger partial charge in [0, 0.05) is 31.1 Å². The molecule has 2 amide bonds. The average Bonchev–Trinajstić information content (AvgIpc) is 2.39. The summed E-state index contributed by atoms with van der Waals surface area (Å²) in [5.74, 6) is 1.75. The highest BCUT2D eigenvalue weighted by molar-refractivity contribution is 7.99. The van der Waals surface area contributed by atoms with Crippen LogP contribution in [0.25, 0.3) is 0 Å². The molecule has 0 saturated carbocycles. The quantitative estimate of drug-likeness (QED) is 0.876. The molecule has 92 valence electrons. The fraction of sp³-hybridized carbons (Fsp3) is 0.417. The van der Waals surface area contributed by atoms with Crippen molar-refractivity contribution in [2.75, 3.05) is 24.6 Å². The molecule has 0 spiro atoms. The fourth-order valence-electron chi connectivity index (χ4n) is 1.66. The first-order valence-corrected chi connectivity index (χ1v) is 6.76. The summed E-state index contributed by atoms with van der Waals surface area (Å²) in [7, 11) is 0. The molecule has 1 aliphatic rings. The number of nitrogens with zero attached hydrogens (tertiary/aromatic N) is 1. The number of nitrogens with one attached hydrogen (secondary N) is 1. The predicted molar refractivity (Wildman–Crippen MR) is 67.5 cm³/mol. The zero-order valence-corrected chi connectivity index (χ0v) is 10.3. The van der Waals surface area contributed by atoms with Gasteiger partial charge < -0.3 is 10.2 Å². The lowest BCUT2D eigenvalue weighted by molar-refractivity contribution is 0.202. The summed E-state index contributed by atoms with van der Waals surface area (Å²) in [5.41, 5.74) is 0.908. The molecule has 0 atom stereocenters. The van der Waals surface area contributed by atoms with Crippen molar-refractivity contribution >= 4 is 17.8 Å². The van der Waals surface area contributed by atoms with Crippen LogP contribution in [0, 0.1) is 5.82 Å². The first-order chi connectivity index (χ1) is 8.25. The maximum Gasteiger partial charge on any atom is 0.317 e. The minimum atomic E-state index is -0.256. The van der Waals surface area contributed by atoms with Gasteiger partial charge in [-0.15, -0.1) is 0 Å². The lowest BCUT2D eigenvalue weighted by atomic mass is 10.2. The molecule has 5 heteroatoms. The number of halogens is 1. The second-order valence-corrected chi connectivity index (χ2v) is 5.11. The maximum atomic E-state index is 12.7. The van der Waals surface area contributed by atoms with E-state index in [0.717, 1.165) is 30.2 Å². The van der Waals surface area contributed by atoms with Crippen LogP contribution in [0.5, 0.6) is 0 Å². The van der Waals surface area contributed by atoms with Crippen molar-refractivity contribution in [3.05, 3.63) is 35.6 Å². The van der Waals surface area contributed by atoms with Gasteiger partial charge in [0.15, 0.2) is 0 Å². The van der Waals surface area contributed by atoms with Crippen LogP contribution in [0.2, 0.25) is 0 Å². The molecule has 17 heavy (non-hydrogen) atoms. The van der Waals surface area contributed by atoms with Gasteiger partial charge in [-0.1, -0.05) is 12.1 Å². The summed E-state index contributed by atoms with van der Waals surface area (Å²) < 4.78 is 12.7. The SMILES string of the molecule is O=C(NCc1ccc(F)cc1)N1CCSCC1. The number of carbonyl (C=O) groups is 1. The van der Waals surface area contributed by atoms with Gasteiger partial charge in [-0.05, 0) is 17.7 Å². The molecule has 2 rings (SSSR count). The number of carbonyl (C=O) groups excluding carboxylic acids is 1. The largest absolute Gasteiger partial charge is 0.334 e. The number of thioether (sulfide) groups is 1.